The molecule has 1 heterocycles. The van der Waals surface area contributed by atoms with E-state index < -0.39 is 17.6 Å². The lowest BCUT2D eigenvalue weighted by Crippen LogP contribution is -2.05. The Morgan fingerprint density at radius 2 is 1.79 bits per heavy atom. The van der Waals surface area contributed by atoms with Crippen LogP contribution in [0.3, 0.4) is 0 Å². The smallest absolute Gasteiger partial charge is 0.277 e. The number of benzene rings is 2. The van der Waals surface area contributed by atoms with Gasteiger partial charge < -0.3 is 0 Å². The Morgan fingerprint density at radius 3 is 2.43 bits per heavy atom. The number of hydrazone groups is 1. The first-order valence-corrected chi connectivity index (χ1v) is 8.59. The van der Waals surface area contributed by atoms with Gasteiger partial charge in [0.25, 0.3) is 0 Å². The first-order valence-electron chi connectivity index (χ1n) is 7.83. The third-order valence-electron chi connectivity index (χ3n) is 3.79. The predicted molar refractivity (Wildman–Crippen MR) is 101 cm³/mol. The number of hydrogen-bond donors (Lipinski definition) is 1. The molecule has 0 saturated heterocycles. The molecule has 1 aromatic heterocycles. The zero-order valence-corrected chi connectivity index (χ0v) is 15.7. The highest BCUT2D eigenvalue weighted by Gasteiger charge is 2.30. The molecule has 0 saturated carbocycles. The summed E-state index contributed by atoms with van der Waals surface area (Å²) in [4.78, 5) is 0. The maximum Gasteiger partial charge on any atom is 0.416 e. The van der Waals surface area contributed by atoms with Gasteiger partial charge >= 0.3 is 6.18 Å². The highest BCUT2D eigenvalue weighted by molar-refractivity contribution is 6.33. The van der Waals surface area contributed by atoms with Crippen LogP contribution in [0, 0.1) is 12.7 Å². The van der Waals surface area contributed by atoms with Gasteiger partial charge in [-0.2, -0.15) is 23.4 Å². The molecule has 3 rings (SSSR count). The minimum atomic E-state index is -4.50. The van der Waals surface area contributed by atoms with Crippen LogP contribution in [0.2, 0.25) is 10.2 Å². The van der Waals surface area contributed by atoms with Crippen molar-refractivity contribution >= 4 is 35.1 Å². The van der Waals surface area contributed by atoms with E-state index in [1.54, 1.807) is 6.92 Å². The number of rotatable bonds is 4. The van der Waals surface area contributed by atoms with Gasteiger partial charge in [-0.1, -0.05) is 23.2 Å². The molecule has 0 radical (unpaired) electrons. The first kappa shape index (κ1) is 20.2. The first-order chi connectivity index (χ1) is 13.2. The van der Waals surface area contributed by atoms with Crippen LogP contribution in [0.5, 0.6) is 0 Å². The molecule has 3 aromatic rings. The minimum absolute atomic E-state index is 0.00700. The molecule has 4 nitrogen and oxygen atoms in total. The number of halogens is 6. The summed E-state index contributed by atoms with van der Waals surface area (Å²) >= 11 is 12.2. The maximum absolute atomic E-state index is 13.1. The third-order valence-corrected chi connectivity index (χ3v) is 4.48. The molecule has 2 aromatic carbocycles. The van der Waals surface area contributed by atoms with Crippen LogP contribution in [0.25, 0.3) is 5.69 Å². The van der Waals surface area contributed by atoms with Crippen LogP contribution in [0.4, 0.5) is 23.2 Å². The SMILES string of the molecule is Cc1nn(-c2ccc(F)cc2)c(Cl)c1C=NNc1cc(C(F)(F)F)ccc1Cl. The Bertz CT molecular complexity index is 1030. The molecule has 0 aliphatic heterocycles. The van der Waals surface area contributed by atoms with Gasteiger partial charge in [-0.3, -0.25) is 5.43 Å². The molecule has 0 fully saturated rings. The van der Waals surface area contributed by atoms with Gasteiger partial charge in [0, 0.05) is 0 Å². The van der Waals surface area contributed by atoms with Crippen molar-refractivity contribution in [2.24, 2.45) is 5.10 Å². The number of anilines is 1. The van der Waals surface area contributed by atoms with Crippen molar-refractivity contribution in [1.29, 1.82) is 0 Å². The summed E-state index contributed by atoms with van der Waals surface area (Å²) in [6.07, 6.45) is -3.18. The van der Waals surface area contributed by atoms with Crippen LogP contribution in [0.1, 0.15) is 16.8 Å². The second-order valence-electron chi connectivity index (χ2n) is 5.74. The molecule has 0 aliphatic rings. The van der Waals surface area contributed by atoms with Crippen molar-refractivity contribution in [2.75, 3.05) is 5.43 Å². The summed E-state index contributed by atoms with van der Waals surface area (Å²) in [5.74, 6) is -0.396. The molecular weight excluding hydrogens is 419 g/mol. The van der Waals surface area contributed by atoms with Crippen molar-refractivity contribution in [3.05, 3.63) is 75.3 Å². The molecule has 0 bridgehead atoms. The normalized spacial score (nSPS) is 12.0. The number of aryl methyl sites for hydroxylation is 1. The number of hydrogen-bond acceptors (Lipinski definition) is 3. The highest BCUT2D eigenvalue weighted by Crippen LogP contribution is 2.33. The lowest BCUT2D eigenvalue weighted by Gasteiger charge is -2.09. The Kier molecular flexibility index (Phi) is 5.62. The van der Waals surface area contributed by atoms with Crippen LogP contribution in [0.15, 0.2) is 47.6 Å². The van der Waals surface area contributed by atoms with E-state index in [4.69, 9.17) is 23.2 Å². The zero-order valence-electron chi connectivity index (χ0n) is 14.2. The number of aromatic nitrogens is 2. The summed E-state index contributed by atoms with van der Waals surface area (Å²) < 4.78 is 52.9. The second kappa shape index (κ2) is 7.81. The van der Waals surface area contributed by atoms with Crippen LogP contribution in [-0.4, -0.2) is 16.0 Å². The summed E-state index contributed by atoms with van der Waals surface area (Å²) in [7, 11) is 0. The Labute approximate surface area is 167 Å². The predicted octanol–water partition coefficient (Wildman–Crippen LogP) is 6.09. The number of nitrogens with one attached hydrogen (secondary N) is 1. The Hall–Kier alpha value is -2.58. The summed E-state index contributed by atoms with van der Waals surface area (Å²) in [6, 6.07) is 8.43. The number of nitrogens with zero attached hydrogens (tertiary/aromatic N) is 3. The molecule has 0 unspecified atom stereocenters. The topological polar surface area (TPSA) is 42.2 Å². The number of alkyl halides is 3. The van der Waals surface area contributed by atoms with Crippen molar-refractivity contribution in [3.63, 3.8) is 0 Å². The molecule has 0 spiro atoms. The summed E-state index contributed by atoms with van der Waals surface area (Å²) in [5.41, 5.74) is 3.13. The van der Waals surface area contributed by atoms with Gasteiger partial charge in [-0.05, 0) is 49.4 Å². The Morgan fingerprint density at radius 1 is 1.11 bits per heavy atom. The largest absolute Gasteiger partial charge is 0.416 e. The van der Waals surface area contributed by atoms with E-state index >= 15 is 0 Å². The zero-order chi connectivity index (χ0) is 20.5. The fraction of sp³-hybridized carbons (Fsp3) is 0.111. The minimum Gasteiger partial charge on any atom is -0.277 e. The lowest BCUT2D eigenvalue weighted by atomic mass is 10.2. The maximum atomic E-state index is 13.1. The van der Waals surface area contributed by atoms with Crippen LogP contribution >= 0.6 is 23.2 Å². The second-order valence-corrected chi connectivity index (χ2v) is 6.51. The van der Waals surface area contributed by atoms with Gasteiger partial charge in [0.1, 0.15) is 11.0 Å². The molecule has 1 N–H and O–H groups in total. The molecule has 0 aliphatic carbocycles. The van der Waals surface area contributed by atoms with Gasteiger partial charge in [0.2, 0.25) is 0 Å². The highest BCUT2D eigenvalue weighted by atomic mass is 35.5. The van der Waals surface area contributed by atoms with Crippen molar-refractivity contribution in [1.82, 2.24) is 9.78 Å². The fourth-order valence-electron chi connectivity index (χ4n) is 2.36. The van der Waals surface area contributed by atoms with E-state index in [2.05, 4.69) is 15.6 Å². The summed E-state index contributed by atoms with van der Waals surface area (Å²) in [5, 5.41) is 8.47. The van der Waals surface area contributed by atoms with E-state index in [0.29, 0.717) is 16.9 Å². The quantitative estimate of drug-likeness (QED) is 0.309. The van der Waals surface area contributed by atoms with E-state index in [9.17, 15) is 17.6 Å². The van der Waals surface area contributed by atoms with Crippen LogP contribution in [-0.2, 0) is 6.18 Å². The van der Waals surface area contributed by atoms with Gasteiger partial charge in [-0.15, -0.1) is 0 Å². The molecule has 0 atom stereocenters. The molecule has 0 amide bonds. The lowest BCUT2D eigenvalue weighted by molar-refractivity contribution is -0.137. The van der Waals surface area contributed by atoms with Crippen molar-refractivity contribution in [3.8, 4) is 5.69 Å². The Balaban J connectivity index is 1.85. The average Bonchev–Trinajstić information content (AvgIpc) is 2.91. The van der Waals surface area contributed by atoms with E-state index in [1.807, 2.05) is 0 Å². The average molecular weight is 431 g/mol. The van der Waals surface area contributed by atoms with Crippen molar-refractivity contribution < 1.29 is 17.6 Å². The van der Waals surface area contributed by atoms with E-state index in [0.717, 1.165) is 18.2 Å². The van der Waals surface area contributed by atoms with Gasteiger partial charge in [0.15, 0.2) is 0 Å². The fourth-order valence-corrected chi connectivity index (χ4v) is 2.85. The van der Waals surface area contributed by atoms with E-state index in [1.165, 1.54) is 35.2 Å². The van der Waals surface area contributed by atoms with Crippen molar-refractivity contribution in [2.45, 2.75) is 13.1 Å². The van der Waals surface area contributed by atoms with Crippen LogP contribution < -0.4 is 5.43 Å². The van der Waals surface area contributed by atoms with E-state index in [-0.39, 0.29) is 15.9 Å². The molecule has 10 heteroatoms. The monoisotopic (exact) mass is 430 g/mol. The molecular formula is C18H12Cl2F4N4. The van der Waals surface area contributed by atoms with Gasteiger partial charge in [0.05, 0.1) is 39.4 Å². The molecule has 28 heavy (non-hydrogen) atoms. The summed E-state index contributed by atoms with van der Waals surface area (Å²) in [6.45, 7) is 1.69. The van der Waals surface area contributed by atoms with Gasteiger partial charge in [-0.25, -0.2) is 9.07 Å². The standard InChI is InChI=1S/C18H12Cl2F4N4/c1-10-14(17(20)28(27-10)13-5-3-12(21)4-6-13)9-25-26-16-8-11(18(22,23)24)2-7-15(16)19/h2-9,26H,1H3. The third kappa shape index (κ3) is 4.28. The molecule has 146 valence electrons.